The van der Waals surface area contributed by atoms with Crippen LogP contribution >= 0.6 is 0 Å². The summed E-state index contributed by atoms with van der Waals surface area (Å²) in [5.41, 5.74) is 0. The summed E-state index contributed by atoms with van der Waals surface area (Å²) in [6.07, 6.45) is 2.37. The van der Waals surface area contributed by atoms with Gasteiger partial charge in [-0.25, -0.2) is 0 Å². The van der Waals surface area contributed by atoms with Gasteiger partial charge < -0.3 is 9.64 Å². The third-order valence-corrected chi connectivity index (χ3v) is 3.12. The van der Waals surface area contributed by atoms with Crippen LogP contribution in [-0.4, -0.2) is 61.6 Å². The lowest BCUT2D eigenvalue weighted by molar-refractivity contribution is -0.149. The highest BCUT2D eigenvalue weighted by Gasteiger charge is 2.32. The van der Waals surface area contributed by atoms with Gasteiger partial charge in [0.05, 0.1) is 6.61 Å². The molecule has 2 atom stereocenters. The standard InChI is InChI=1S/C12H24N2O2/c1-5-16-12(15)10(2)14-8-6-7-11(14)9-13(3)4/h10-11H,5-9H2,1-4H3. The number of likely N-dealkylation sites (N-methyl/N-ethyl adjacent to an activating group) is 1. The topological polar surface area (TPSA) is 32.8 Å². The molecule has 0 aromatic carbocycles. The largest absolute Gasteiger partial charge is 0.465 e. The fourth-order valence-corrected chi connectivity index (χ4v) is 2.38. The fourth-order valence-electron chi connectivity index (χ4n) is 2.38. The molecule has 0 aliphatic carbocycles. The van der Waals surface area contributed by atoms with Crippen molar-refractivity contribution in [3.8, 4) is 0 Å². The van der Waals surface area contributed by atoms with Gasteiger partial charge in [-0.1, -0.05) is 0 Å². The van der Waals surface area contributed by atoms with E-state index in [-0.39, 0.29) is 12.0 Å². The molecule has 1 aliphatic heterocycles. The van der Waals surface area contributed by atoms with E-state index in [0.717, 1.165) is 13.1 Å². The van der Waals surface area contributed by atoms with Gasteiger partial charge >= 0.3 is 5.97 Å². The Kier molecular flexibility index (Phi) is 5.22. The van der Waals surface area contributed by atoms with Crippen LogP contribution in [0.2, 0.25) is 0 Å². The lowest BCUT2D eigenvalue weighted by Gasteiger charge is -2.30. The molecule has 0 N–H and O–H groups in total. The maximum atomic E-state index is 11.7. The SMILES string of the molecule is CCOC(=O)C(C)N1CCCC1CN(C)C. The number of carbonyl (C=O) groups is 1. The van der Waals surface area contributed by atoms with Gasteiger partial charge in [0.25, 0.3) is 0 Å². The second kappa shape index (κ2) is 6.21. The van der Waals surface area contributed by atoms with Crippen LogP contribution in [-0.2, 0) is 9.53 Å². The van der Waals surface area contributed by atoms with E-state index in [9.17, 15) is 4.79 Å². The molecule has 0 spiro atoms. The lowest BCUT2D eigenvalue weighted by atomic mass is 10.2. The average Bonchev–Trinajstić information content (AvgIpc) is 2.64. The zero-order valence-electron chi connectivity index (χ0n) is 10.9. The predicted octanol–water partition coefficient (Wildman–Crippen LogP) is 0.964. The van der Waals surface area contributed by atoms with E-state index in [1.807, 2.05) is 13.8 Å². The van der Waals surface area contributed by atoms with Gasteiger partial charge in [0.1, 0.15) is 6.04 Å². The minimum Gasteiger partial charge on any atom is -0.465 e. The Morgan fingerprint density at radius 2 is 2.25 bits per heavy atom. The van der Waals surface area contributed by atoms with E-state index in [4.69, 9.17) is 4.74 Å². The minimum atomic E-state index is -0.104. The number of esters is 1. The van der Waals surface area contributed by atoms with Gasteiger partial charge in [0.15, 0.2) is 0 Å². The molecule has 1 fully saturated rings. The molecule has 1 aliphatic rings. The second-order valence-corrected chi connectivity index (χ2v) is 4.72. The maximum absolute atomic E-state index is 11.7. The maximum Gasteiger partial charge on any atom is 0.323 e. The first-order chi connectivity index (χ1) is 7.56. The highest BCUT2D eigenvalue weighted by atomic mass is 16.5. The van der Waals surface area contributed by atoms with Crippen molar-refractivity contribution in [2.45, 2.75) is 38.8 Å². The lowest BCUT2D eigenvalue weighted by Crippen LogP contribution is -2.46. The van der Waals surface area contributed by atoms with E-state index in [0.29, 0.717) is 12.6 Å². The Morgan fingerprint density at radius 3 is 2.81 bits per heavy atom. The summed E-state index contributed by atoms with van der Waals surface area (Å²) in [4.78, 5) is 16.1. The molecule has 4 heteroatoms. The Bertz CT molecular complexity index is 231. The second-order valence-electron chi connectivity index (χ2n) is 4.72. The van der Waals surface area contributed by atoms with Crippen molar-refractivity contribution >= 4 is 5.97 Å². The quantitative estimate of drug-likeness (QED) is 0.656. The first-order valence-electron chi connectivity index (χ1n) is 6.13. The monoisotopic (exact) mass is 228 g/mol. The Hall–Kier alpha value is -0.610. The summed E-state index contributed by atoms with van der Waals surface area (Å²) < 4.78 is 5.08. The van der Waals surface area contributed by atoms with Crippen LogP contribution < -0.4 is 0 Å². The van der Waals surface area contributed by atoms with E-state index < -0.39 is 0 Å². The van der Waals surface area contributed by atoms with Crippen LogP contribution in [0.5, 0.6) is 0 Å². The summed E-state index contributed by atoms with van der Waals surface area (Å²) in [6, 6.07) is 0.391. The third-order valence-electron chi connectivity index (χ3n) is 3.12. The first kappa shape index (κ1) is 13.5. The molecule has 94 valence electrons. The summed E-state index contributed by atoms with van der Waals surface area (Å²) in [6.45, 7) is 6.30. The normalized spacial score (nSPS) is 23.7. The molecule has 0 bridgehead atoms. The molecule has 4 nitrogen and oxygen atoms in total. The molecule has 1 saturated heterocycles. The van der Waals surface area contributed by atoms with Crippen molar-refractivity contribution in [1.82, 2.24) is 9.80 Å². The molecular formula is C12H24N2O2. The van der Waals surface area contributed by atoms with Gasteiger partial charge in [-0.3, -0.25) is 9.69 Å². The average molecular weight is 228 g/mol. The van der Waals surface area contributed by atoms with Gasteiger partial charge in [-0.05, 0) is 47.3 Å². The Balaban J connectivity index is 2.53. The first-order valence-corrected chi connectivity index (χ1v) is 6.13. The fraction of sp³-hybridized carbons (Fsp3) is 0.917. The van der Waals surface area contributed by atoms with Crippen LogP contribution in [0.4, 0.5) is 0 Å². The van der Waals surface area contributed by atoms with Gasteiger partial charge in [0.2, 0.25) is 0 Å². The van der Waals surface area contributed by atoms with Crippen LogP contribution in [0.25, 0.3) is 0 Å². The van der Waals surface area contributed by atoms with Crippen molar-refractivity contribution in [2.75, 3.05) is 33.8 Å². The number of hydrogen-bond donors (Lipinski definition) is 0. The minimum absolute atomic E-state index is 0.0897. The van der Waals surface area contributed by atoms with E-state index in [1.54, 1.807) is 0 Å². The van der Waals surface area contributed by atoms with Gasteiger partial charge in [-0.15, -0.1) is 0 Å². The highest BCUT2D eigenvalue weighted by Crippen LogP contribution is 2.21. The Labute approximate surface area is 98.5 Å². The molecular weight excluding hydrogens is 204 g/mol. The van der Waals surface area contributed by atoms with Crippen molar-refractivity contribution < 1.29 is 9.53 Å². The number of likely N-dealkylation sites (tertiary alicyclic amines) is 1. The number of hydrogen-bond acceptors (Lipinski definition) is 4. The molecule has 16 heavy (non-hydrogen) atoms. The number of carbonyl (C=O) groups excluding carboxylic acids is 1. The van der Waals surface area contributed by atoms with Crippen molar-refractivity contribution in [2.24, 2.45) is 0 Å². The molecule has 0 radical (unpaired) electrons. The van der Waals surface area contributed by atoms with Gasteiger partial charge in [-0.2, -0.15) is 0 Å². The molecule has 0 saturated carbocycles. The van der Waals surface area contributed by atoms with Crippen molar-refractivity contribution in [1.29, 1.82) is 0 Å². The van der Waals surface area contributed by atoms with E-state index in [2.05, 4.69) is 23.9 Å². The van der Waals surface area contributed by atoms with E-state index >= 15 is 0 Å². The van der Waals surface area contributed by atoms with E-state index in [1.165, 1.54) is 12.8 Å². The molecule has 0 aromatic heterocycles. The Morgan fingerprint density at radius 1 is 1.56 bits per heavy atom. The molecule has 0 aromatic rings. The molecule has 1 heterocycles. The van der Waals surface area contributed by atoms with Crippen molar-refractivity contribution in [3.05, 3.63) is 0 Å². The summed E-state index contributed by atoms with van der Waals surface area (Å²) in [5.74, 6) is -0.0897. The number of ether oxygens (including phenoxy) is 1. The zero-order valence-corrected chi connectivity index (χ0v) is 10.9. The predicted molar refractivity (Wildman–Crippen MR) is 64.4 cm³/mol. The molecule has 2 unspecified atom stereocenters. The molecule has 0 amide bonds. The zero-order chi connectivity index (χ0) is 12.1. The summed E-state index contributed by atoms with van der Waals surface area (Å²) >= 11 is 0. The summed E-state index contributed by atoms with van der Waals surface area (Å²) in [7, 11) is 4.15. The van der Waals surface area contributed by atoms with Gasteiger partial charge in [0, 0.05) is 12.6 Å². The molecule has 1 rings (SSSR count). The number of rotatable bonds is 5. The van der Waals surface area contributed by atoms with Crippen LogP contribution in [0.1, 0.15) is 26.7 Å². The third kappa shape index (κ3) is 3.46. The highest BCUT2D eigenvalue weighted by molar-refractivity contribution is 5.75. The van der Waals surface area contributed by atoms with Crippen molar-refractivity contribution in [3.63, 3.8) is 0 Å². The van der Waals surface area contributed by atoms with Crippen LogP contribution in [0.15, 0.2) is 0 Å². The van der Waals surface area contributed by atoms with Crippen LogP contribution in [0, 0.1) is 0 Å². The number of nitrogens with zero attached hydrogens (tertiary/aromatic N) is 2. The van der Waals surface area contributed by atoms with Crippen LogP contribution in [0.3, 0.4) is 0 Å². The smallest absolute Gasteiger partial charge is 0.323 e. The summed E-state index contributed by atoms with van der Waals surface area (Å²) in [5, 5.41) is 0.